The predicted molar refractivity (Wildman–Crippen MR) is 67.0 cm³/mol. The van der Waals surface area contributed by atoms with Gasteiger partial charge in [0, 0.05) is 13.1 Å². The first-order valence-electron chi connectivity index (χ1n) is 6.09. The van der Waals surface area contributed by atoms with Gasteiger partial charge in [0.25, 0.3) is 0 Å². The minimum Gasteiger partial charge on any atom is -0.354 e. The molecule has 1 aromatic rings. The van der Waals surface area contributed by atoms with E-state index in [2.05, 4.69) is 39.5 Å². The van der Waals surface area contributed by atoms with Crippen molar-refractivity contribution in [2.24, 2.45) is 5.92 Å². The second-order valence-corrected chi connectivity index (χ2v) is 5.27. The van der Waals surface area contributed by atoms with Crippen LogP contribution >= 0.6 is 0 Å². The van der Waals surface area contributed by atoms with Gasteiger partial charge in [-0.3, -0.25) is 4.98 Å². The Kier molecular flexibility index (Phi) is 2.87. The van der Waals surface area contributed by atoms with Crippen LogP contribution in [-0.4, -0.2) is 23.1 Å². The Morgan fingerprint density at radius 2 is 1.75 bits per heavy atom. The molecule has 1 aliphatic rings. The third-order valence-corrected chi connectivity index (χ3v) is 3.17. The fraction of sp³-hybridized carbons (Fsp3) is 0.692. The molecule has 0 aromatic carbocycles. The lowest BCUT2D eigenvalue weighted by Gasteiger charge is -2.39. The lowest BCUT2D eigenvalue weighted by atomic mass is 10.0. The lowest BCUT2D eigenvalue weighted by molar-refractivity contribution is 0.441. The van der Waals surface area contributed by atoms with E-state index in [4.69, 9.17) is 9.97 Å². The van der Waals surface area contributed by atoms with Gasteiger partial charge >= 0.3 is 0 Å². The number of aryl methyl sites for hydroxylation is 2. The number of anilines is 1. The van der Waals surface area contributed by atoms with Gasteiger partial charge in [-0.1, -0.05) is 20.8 Å². The normalized spacial score (nSPS) is 16.8. The van der Waals surface area contributed by atoms with Crippen LogP contribution in [0.3, 0.4) is 0 Å². The molecule has 0 spiro atoms. The van der Waals surface area contributed by atoms with Crippen molar-refractivity contribution >= 4 is 5.82 Å². The van der Waals surface area contributed by atoms with Crippen LogP contribution in [0.2, 0.25) is 0 Å². The smallest absolute Gasteiger partial charge is 0.150 e. The number of aromatic nitrogens is 2. The summed E-state index contributed by atoms with van der Waals surface area (Å²) in [5, 5.41) is 0. The zero-order valence-corrected chi connectivity index (χ0v) is 10.9. The maximum atomic E-state index is 4.71. The molecule has 0 aliphatic carbocycles. The fourth-order valence-electron chi connectivity index (χ4n) is 2.33. The Morgan fingerprint density at radius 1 is 1.12 bits per heavy atom. The summed E-state index contributed by atoms with van der Waals surface area (Å²) in [4.78, 5) is 11.7. The zero-order valence-electron chi connectivity index (χ0n) is 10.9. The largest absolute Gasteiger partial charge is 0.354 e. The average molecular weight is 219 g/mol. The summed E-state index contributed by atoms with van der Waals surface area (Å²) in [5.74, 6) is 2.34. The Labute approximate surface area is 97.9 Å². The van der Waals surface area contributed by atoms with Crippen molar-refractivity contribution in [1.29, 1.82) is 0 Å². The Bertz CT molecular complexity index is 392. The van der Waals surface area contributed by atoms with Gasteiger partial charge in [0.05, 0.1) is 17.1 Å². The molecule has 1 saturated heterocycles. The van der Waals surface area contributed by atoms with E-state index in [1.165, 1.54) is 0 Å². The third kappa shape index (κ3) is 1.91. The molecule has 0 amide bonds. The van der Waals surface area contributed by atoms with E-state index in [-0.39, 0.29) is 0 Å². The van der Waals surface area contributed by atoms with Crippen molar-refractivity contribution in [3.05, 3.63) is 17.1 Å². The predicted octanol–water partition coefficient (Wildman–Crippen LogP) is 2.67. The maximum Gasteiger partial charge on any atom is 0.150 e. The highest BCUT2D eigenvalue weighted by atomic mass is 15.2. The first kappa shape index (κ1) is 11.4. The van der Waals surface area contributed by atoms with Crippen LogP contribution in [0.5, 0.6) is 0 Å². The van der Waals surface area contributed by atoms with E-state index in [1.807, 2.05) is 0 Å². The van der Waals surface area contributed by atoms with Crippen LogP contribution in [0.25, 0.3) is 0 Å². The van der Waals surface area contributed by atoms with Gasteiger partial charge in [0.1, 0.15) is 5.82 Å². The summed E-state index contributed by atoms with van der Waals surface area (Å²) in [6, 6.07) is 0. The zero-order chi connectivity index (χ0) is 11.9. The van der Waals surface area contributed by atoms with Crippen molar-refractivity contribution < 1.29 is 0 Å². The van der Waals surface area contributed by atoms with Gasteiger partial charge in [-0.15, -0.1) is 0 Å². The number of rotatable bonds is 2. The molecule has 1 aromatic heterocycles. The van der Waals surface area contributed by atoms with Crippen molar-refractivity contribution in [3.8, 4) is 0 Å². The molecule has 0 N–H and O–H groups in total. The van der Waals surface area contributed by atoms with E-state index >= 15 is 0 Å². The maximum absolute atomic E-state index is 4.71. The van der Waals surface area contributed by atoms with Crippen LogP contribution in [-0.2, 0) is 0 Å². The molecule has 1 fully saturated rings. The van der Waals surface area contributed by atoms with E-state index in [0.29, 0.717) is 5.92 Å². The van der Waals surface area contributed by atoms with Crippen molar-refractivity contribution in [2.75, 3.05) is 18.0 Å². The summed E-state index contributed by atoms with van der Waals surface area (Å²) in [5.41, 5.74) is 3.28. The Balaban J connectivity index is 2.31. The second-order valence-electron chi connectivity index (χ2n) is 5.27. The number of hydrogen-bond donors (Lipinski definition) is 0. The average Bonchev–Trinajstić information content (AvgIpc) is 2.16. The molecule has 16 heavy (non-hydrogen) atoms. The molecular weight excluding hydrogens is 198 g/mol. The molecule has 88 valence electrons. The first-order chi connectivity index (χ1) is 7.49. The molecule has 1 aliphatic heterocycles. The summed E-state index contributed by atoms with van der Waals surface area (Å²) in [7, 11) is 0. The molecule has 0 atom stereocenters. The van der Waals surface area contributed by atoms with E-state index in [0.717, 1.165) is 41.9 Å². The standard InChI is InChI=1S/C13H21N3/c1-8(2)12-10(4)15-13(11(5)14-12)16-6-9(3)7-16/h8-9H,6-7H2,1-5H3. The van der Waals surface area contributed by atoms with Crippen molar-refractivity contribution in [1.82, 2.24) is 9.97 Å². The quantitative estimate of drug-likeness (QED) is 0.765. The number of hydrogen-bond acceptors (Lipinski definition) is 3. The third-order valence-electron chi connectivity index (χ3n) is 3.17. The highest BCUT2D eigenvalue weighted by molar-refractivity contribution is 5.47. The molecular formula is C13H21N3. The fourth-order valence-corrected chi connectivity index (χ4v) is 2.33. The molecule has 2 heterocycles. The minimum absolute atomic E-state index is 0.454. The molecule has 0 saturated carbocycles. The highest BCUT2D eigenvalue weighted by Gasteiger charge is 2.26. The summed E-state index contributed by atoms with van der Waals surface area (Å²) >= 11 is 0. The molecule has 0 radical (unpaired) electrons. The molecule has 0 unspecified atom stereocenters. The van der Waals surface area contributed by atoms with Crippen LogP contribution in [0.15, 0.2) is 0 Å². The van der Waals surface area contributed by atoms with Gasteiger partial charge in [-0.05, 0) is 25.7 Å². The molecule has 3 heteroatoms. The molecule has 3 nitrogen and oxygen atoms in total. The first-order valence-corrected chi connectivity index (χ1v) is 6.09. The van der Waals surface area contributed by atoms with Crippen LogP contribution < -0.4 is 4.90 Å². The monoisotopic (exact) mass is 219 g/mol. The number of nitrogens with zero attached hydrogens (tertiary/aromatic N) is 3. The summed E-state index contributed by atoms with van der Waals surface area (Å²) < 4.78 is 0. The van der Waals surface area contributed by atoms with Crippen molar-refractivity contribution in [3.63, 3.8) is 0 Å². The molecule has 0 bridgehead atoms. The topological polar surface area (TPSA) is 29.0 Å². The van der Waals surface area contributed by atoms with Crippen LogP contribution in [0.4, 0.5) is 5.82 Å². The van der Waals surface area contributed by atoms with Gasteiger partial charge in [0.2, 0.25) is 0 Å². The highest BCUT2D eigenvalue weighted by Crippen LogP contribution is 2.27. The Morgan fingerprint density at radius 3 is 2.25 bits per heavy atom. The van der Waals surface area contributed by atoms with E-state index in [1.54, 1.807) is 0 Å². The van der Waals surface area contributed by atoms with Gasteiger partial charge < -0.3 is 4.90 Å². The van der Waals surface area contributed by atoms with Gasteiger partial charge in [-0.2, -0.15) is 0 Å². The molecule has 2 rings (SSSR count). The SMILES string of the molecule is Cc1nc(N2CC(C)C2)c(C)nc1C(C)C. The second kappa shape index (κ2) is 4.04. The lowest BCUT2D eigenvalue weighted by Crippen LogP contribution is -2.46. The summed E-state index contributed by atoms with van der Waals surface area (Å²) in [6.07, 6.45) is 0. The van der Waals surface area contributed by atoms with E-state index in [9.17, 15) is 0 Å². The van der Waals surface area contributed by atoms with E-state index < -0.39 is 0 Å². The van der Waals surface area contributed by atoms with Gasteiger partial charge in [-0.25, -0.2) is 4.98 Å². The minimum atomic E-state index is 0.454. The Hall–Kier alpha value is -1.12. The van der Waals surface area contributed by atoms with Crippen LogP contribution in [0, 0.1) is 19.8 Å². The van der Waals surface area contributed by atoms with Crippen molar-refractivity contribution in [2.45, 2.75) is 40.5 Å². The van der Waals surface area contributed by atoms with Crippen LogP contribution in [0.1, 0.15) is 43.8 Å². The summed E-state index contributed by atoms with van der Waals surface area (Å²) in [6.45, 7) is 13.0. The van der Waals surface area contributed by atoms with Gasteiger partial charge in [0.15, 0.2) is 0 Å².